The first-order chi connectivity index (χ1) is 11.7. The van der Waals surface area contributed by atoms with Crippen LogP contribution in [0, 0.1) is 0 Å². The Morgan fingerprint density at radius 3 is 2.24 bits per heavy atom. The first-order valence-corrected chi connectivity index (χ1v) is 10.1. The van der Waals surface area contributed by atoms with Gasteiger partial charge in [0.25, 0.3) is 0 Å². The second-order valence-electron chi connectivity index (χ2n) is 5.91. The van der Waals surface area contributed by atoms with Crippen molar-refractivity contribution >= 4 is 33.2 Å². The molecule has 1 amide bonds. The lowest BCUT2D eigenvalue weighted by Gasteiger charge is -2.15. The largest absolute Gasteiger partial charge is 0.350 e. The number of hydrogen-bond acceptors (Lipinski definition) is 3. The molecule has 0 aliphatic rings. The molecule has 0 saturated carbocycles. The number of benzene rings is 2. The van der Waals surface area contributed by atoms with Gasteiger partial charge < -0.3 is 5.32 Å². The van der Waals surface area contributed by atoms with Crippen LogP contribution in [0.5, 0.6) is 0 Å². The Hall–Kier alpha value is -2.05. The van der Waals surface area contributed by atoms with Gasteiger partial charge in [0.05, 0.1) is 12.3 Å². The van der Waals surface area contributed by atoms with Gasteiger partial charge in [0.1, 0.15) is 0 Å². The first kappa shape index (κ1) is 19.3. The van der Waals surface area contributed by atoms with Crippen LogP contribution in [-0.4, -0.2) is 20.6 Å². The van der Waals surface area contributed by atoms with Gasteiger partial charge in [-0.2, -0.15) is 0 Å². The molecule has 2 aromatic rings. The van der Waals surface area contributed by atoms with Crippen molar-refractivity contribution in [1.29, 1.82) is 0 Å². The van der Waals surface area contributed by atoms with Gasteiger partial charge in [-0.3, -0.25) is 9.52 Å². The van der Waals surface area contributed by atoms with Crippen LogP contribution in [0.25, 0.3) is 0 Å². The highest BCUT2D eigenvalue weighted by Gasteiger charge is 2.10. The Morgan fingerprint density at radius 1 is 1.08 bits per heavy atom. The molecule has 25 heavy (non-hydrogen) atoms. The Labute approximate surface area is 153 Å². The van der Waals surface area contributed by atoms with Gasteiger partial charge >= 0.3 is 0 Å². The van der Waals surface area contributed by atoms with E-state index in [-0.39, 0.29) is 11.9 Å². The molecule has 7 heteroatoms. The normalized spacial score (nSPS) is 12.4. The summed E-state index contributed by atoms with van der Waals surface area (Å²) in [6, 6.07) is 14.2. The lowest BCUT2D eigenvalue weighted by Crippen LogP contribution is -2.26. The molecule has 0 aromatic heterocycles. The molecule has 0 radical (unpaired) electrons. The SMILES string of the molecule is CC(NC(=O)CCc1ccc(Cl)cc1)c1ccc(NS(C)(=O)=O)cc1. The molecule has 2 aromatic carbocycles. The fourth-order valence-electron chi connectivity index (χ4n) is 2.36. The lowest BCUT2D eigenvalue weighted by atomic mass is 10.1. The summed E-state index contributed by atoms with van der Waals surface area (Å²) in [6.07, 6.45) is 2.14. The number of amides is 1. The molecular weight excluding hydrogens is 360 g/mol. The number of aryl methyl sites for hydroxylation is 1. The molecule has 0 saturated heterocycles. The molecule has 2 N–H and O–H groups in total. The van der Waals surface area contributed by atoms with Crippen LogP contribution in [0.3, 0.4) is 0 Å². The molecule has 2 rings (SSSR count). The number of anilines is 1. The summed E-state index contributed by atoms with van der Waals surface area (Å²) in [5, 5.41) is 3.62. The summed E-state index contributed by atoms with van der Waals surface area (Å²) in [5.74, 6) is -0.0409. The lowest BCUT2D eigenvalue weighted by molar-refractivity contribution is -0.121. The van der Waals surface area contributed by atoms with Gasteiger partial charge in [0.15, 0.2) is 0 Å². The minimum Gasteiger partial charge on any atom is -0.350 e. The monoisotopic (exact) mass is 380 g/mol. The van der Waals surface area contributed by atoms with E-state index >= 15 is 0 Å². The third kappa shape index (κ3) is 6.76. The molecule has 5 nitrogen and oxygen atoms in total. The second-order valence-corrected chi connectivity index (χ2v) is 8.10. The molecule has 0 spiro atoms. The van der Waals surface area contributed by atoms with Crippen LogP contribution >= 0.6 is 11.6 Å². The van der Waals surface area contributed by atoms with Gasteiger partial charge in [-0.25, -0.2) is 8.42 Å². The zero-order valence-electron chi connectivity index (χ0n) is 14.1. The molecular formula is C18H21ClN2O3S. The number of carbonyl (C=O) groups is 1. The Morgan fingerprint density at radius 2 is 1.68 bits per heavy atom. The maximum absolute atomic E-state index is 12.1. The number of nitrogens with one attached hydrogen (secondary N) is 2. The predicted octanol–water partition coefficient (Wildman–Crippen LogP) is 3.52. The standard InChI is InChI=1S/C18H21ClN2O3S/c1-13(15-6-10-17(11-7-15)21-25(2,23)24)20-18(22)12-5-14-3-8-16(19)9-4-14/h3-4,6-11,13,21H,5,12H2,1-2H3,(H,20,22). The minimum absolute atomic E-state index is 0.0409. The topological polar surface area (TPSA) is 75.3 Å². The van der Waals surface area contributed by atoms with Crippen molar-refractivity contribution in [2.24, 2.45) is 0 Å². The molecule has 0 heterocycles. The van der Waals surface area contributed by atoms with Crippen molar-refractivity contribution in [2.75, 3.05) is 11.0 Å². The maximum Gasteiger partial charge on any atom is 0.229 e. The van der Waals surface area contributed by atoms with E-state index in [0.717, 1.165) is 17.4 Å². The van der Waals surface area contributed by atoms with Crippen LogP contribution in [0.15, 0.2) is 48.5 Å². The average Bonchev–Trinajstić information content (AvgIpc) is 2.53. The molecule has 0 fully saturated rings. The van der Waals surface area contributed by atoms with Gasteiger partial charge in [0, 0.05) is 17.1 Å². The van der Waals surface area contributed by atoms with E-state index in [2.05, 4.69) is 10.0 Å². The zero-order valence-corrected chi connectivity index (χ0v) is 15.7. The highest BCUT2D eigenvalue weighted by Crippen LogP contribution is 2.17. The summed E-state index contributed by atoms with van der Waals surface area (Å²) in [7, 11) is -3.29. The van der Waals surface area contributed by atoms with Crippen molar-refractivity contribution < 1.29 is 13.2 Å². The van der Waals surface area contributed by atoms with E-state index in [4.69, 9.17) is 11.6 Å². The Balaban J connectivity index is 1.86. The van der Waals surface area contributed by atoms with Crippen molar-refractivity contribution in [2.45, 2.75) is 25.8 Å². The summed E-state index contributed by atoms with van der Waals surface area (Å²) >= 11 is 5.84. The fraction of sp³-hybridized carbons (Fsp3) is 0.278. The quantitative estimate of drug-likeness (QED) is 0.771. The molecule has 0 aliphatic heterocycles. The van der Waals surface area contributed by atoms with Gasteiger partial charge in [-0.15, -0.1) is 0 Å². The number of hydrogen-bond donors (Lipinski definition) is 2. The van der Waals surface area contributed by atoms with Crippen LogP contribution in [0.2, 0.25) is 5.02 Å². The summed E-state index contributed by atoms with van der Waals surface area (Å²) < 4.78 is 24.8. The Bertz CT molecular complexity index is 818. The van der Waals surface area contributed by atoms with Crippen molar-refractivity contribution in [1.82, 2.24) is 5.32 Å². The fourth-order valence-corrected chi connectivity index (χ4v) is 3.05. The van der Waals surface area contributed by atoms with Crippen LogP contribution in [-0.2, 0) is 21.2 Å². The van der Waals surface area contributed by atoms with E-state index in [1.165, 1.54) is 0 Å². The maximum atomic E-state index is 12.1. The number of rotatable bonds is 7. The Kier molecular flexibility index (Phi) is 6.45. The van der Waals surface area contributed by atoms with Crippen LogP contribution in [0.4, 0.5) is 5.69 Å². The summed E-state index contributed by atoms with van der Waals surface area (Å²) in [5.41, 5.74) is 2.45. The van der Waals surface area contributed by atoms with Gasteiger partial charge in [-0.05, 0) is 48.7 Å². The van der Waals surface area contributed by atoms with E-state index in [1.807, 2.05) is 31.2 Å². The van der Waals surface area contributed by atoms with Gasteiger partial charge in [-0.1, -0.05) is 35.9 Å². The third-order valence-corrected chi connectivity index (χ3v) is 4.50. The van der Waals surface area contributed by atoms with E-state index < -0.39 is 10.0 Å². The summed E-state index contributed by atoms with van der Waals surface area (Å²) in [6.45, 7) is 1.89. The van der Waals surface area contributed by atoms with E-state index in [9.17, 15) is 13.2 Å². The molecule has 0 aliphatic carbocycles. The predicted molar refractivity (Wildman–Crippen MR) is 101 cm³/mol. The summed E-state index contributed by atoms with van der Waals surface area (Å²) in [4.78, 5) is 12.1. The smallest absolute Gasteiger partial charge is 0.229 e. The highest BCUT2D eigenvalue weighted by molar-refractivity contribution is 7.92. The minimum atomic E-state index is -3.29. The van der Waals surface area contributed by atoms with Crippen LogP contribution in [0.1, 0.15) is 30.5 Å². The molecule has 134 valence electrons. The van der Waals surface area contributed by atoms with Crippen molar-refractivity contribution in [3.63, 3.8) is 0 Å². The zero-order chi connectivity index (χ0) is 18.4. The van der Waals surface area contributed by atoms with Crippen molar-refractivity contribution in [3.05, 3.63) is 64.7 Å². The van der Waals surface area contributed by atoms with Crippen molar-refractivity contribution in [3.8, 4) is 0 Å². The van der Waals surface area contributed by atoms with E-state index in [1.54, 1.807) is 24.3 Å². The molecule has 1 atom stereocenters. The molecule has 0 bridgehead atoms. The third-order valence-electron chi connectivity index (χ3n) is 3.65. The number of halogens is 1. The number of carbonyl (C=O) groups excluding carboxylic acids is 1. The molecule has 1 unspecified atom stereocenters. The average molecular weight is 381 g/mol. The number of sulfonamides is 1. The van der Waals surface area contributed by atoms with E-state index in [0.29, 0.717) is 23.6 Å². The highest BCUT2D eigenvalue weighted by atomic mass is 35.5. The van der Waals surface area contributed by atoms with Crippen LogP contribution < -0.4 is 10.0 Å². The second kappa shape index (κ2) is 8.36. The first-order valence-electron chi connectivity index (χ1n) is 7.84. The van der Waals surface area contributed by atoms with Gasteiger partial charge in [0.2, 0.25) is 15.9 Å².